The number of rotatable bonds is 2. The smallest absolute Gasteiger partial charge is 0.341 e. The molecule has 1 heterocycles. The number of nitrogens with zero attached hydrogens (tertiary/aromatic N) is 1. The number of carbonyl (C=O) groups is 1. The van der Waals surface area contributed by atoms with E-state index in [1.54, 1.807) is 0 Å². The van der Waals surface area contributed by atoms with Crippen molar-refractivity contribution in [2.45, 2.75) is 0 Å². The zero-order valence-corrected chi connectivity index (χ0v) is 7.46. The zero-order chi connectivity index (χ0) is 10.0. The van der Waals surface area contributed by atoms with Crippen LogP contribution >= 0.6 is 11.3 Å². The SMILES string of the molecule is COC(=O)c1cc([N+](=O)[O-])sc1N. The van der Waals surface area contributed by atoms with Crippen molar-refractivity contribution in [1.82, 2.24) is 0 Å². The molecule has 0 atom stereocenters. The van der Waals surface area contributed by atoms with Crippen LogP contribution in [0.5, 0.6) is 0 Å². The van der Waals surface area contributed by atoms with E-state index in [1.807, 2.05) is 0 Å². The minimum Gasteiger partial charge on any atom is -0.465 e. The van der Waals surface area contributed by atoms with Crippen LogP contribution in [0, 0.1) is 10.1 Å². The van der Waals surface area contributed by atoms with Crippen LogP contribution in [-0.2, 0) is 4.74 Å². The lowest BCUT2D eigenvalue weighted by Gasteiger charge is -1.93. The molecule has 1 aromatic rings. The molecule has 70 valence electrons. The van der Waals surface area contributed by atoms with E-state index in [1.165, 1.54) is 7.11 Å². The predicted molar refractivity (Wildman–Crippen MR) is 46.7 cm³/mol. The Morgan fingerprint density at radius 3 is 2.77 bits per heavy atom. The first-order chi connectivity index (χ1) is 6.06. The molecule has 0 bridgehead atoms. The average Bonchev–Trinajstić information content (AvgIpc) is 2.46. The van der Waals surface area contributed by atoms with Crippen LogP contribution in [-0.4, -0.2) is 18.0 Å². The van der Waals surface area contributed by atoms with Gasteiger partial charge in [0.15, 0.2) is 0 Å². The number of anilines is 1. The lowest BCUT2D eigenvalue weighted by atomic mass is 10.3. The monoisotopic (exact) mass is 202 g/mol. The Bertz CT molecular complexity index is 360. The van der Waals surface area contributed by atoms with Gasteiger partial charge in [0, 0.05) is 6.07 Å². The summed E-state index contributed by atoms with van der Waals surface area (Å²) in [7, 11) is 1.19. The summed E-state index contributed by atoms with van der Waals surface area (Å²) in [6.45, 7) is 0. The number of methoxy groups -OCH3 is 1. The minimum atomic E-state index is -0.665. The highest BCUT2D eigenvalue weighted by Crippen LogP contribution is 2.31. The van der Waals surface area contributed by atoms with Gasteiger partial charge in [-0.05, 0) is 11.3 Å². The van der Waals surface area contributed by atoms with E-state index in [9.17, 15) is 14.9 Å². The Labute approximate surface area is 77.1 Å². The maximum Gasteiger partial charge on any atom is 0.341 e. The van der Waals surface area contributed by atoms with Gasteiger partial charge in [-0.3, -0.25) is 10.1 Å². The molecule has 2 N–H and O–H groups in total. The van der Waals surface area contributed by atoms with Gasteiger partial charge >= 0.3 is 11.0 Å². The molecule has 0 aliphatic carbocycles. The second-order valence-electron chi connectivity index (χ2n) is 2.11. The largest absolute Gasteiger partial charge is 0.465 e. The van der Waals surface area contributed by atoms with E-state index in [2.05, 4.69) is 4.74 Å². The first-order valence-electron chi connectivity index (χ1n) is 3.18. The summed E-state index contributed by atoms with van der Waals surface area (Å²) in [5.74, 6) is -0.665. The molecule has 0 aliphatic rings. The number of thiophene rings is 1. The van der Waals surface area contributed by atoms with Crippen molar-refractivity contribution in [1.29, 1.82) is 0 Å². The Hall–Kier alpha value is -1.63. The van der Waals surface area contributed by atoms with E-state index in [4.69, 9.17) is 5.73 Å². The summed E-state index contributed by atoms with van der Waals surface area (Å²) in [5, 5.41) is 10.2. The van der Waals surface area contributed by atoms with E-state index in [0.717, 1.165) is 17.4 Å². The Kier molecular flexibility index (Phi) is 2.47. The highest BCUT2D eigenvalue weighted by atomic mass is 32.1. The van der Waals surface area contributed by atoms with Crippen molar-refractivity contribution in [3.63, 3.8) is 0 Å². The van der Waals surface area contributed by atoms with Crippen LogP contribution in [0.15, 0.2) is 6.07 Å². The Morgan fingerprint density at radius 1 is 1.77 bits per heavy atom. The van der Waals surface area contributed by atoms with Gasteiger partial charge in [0.1, 0.15) is 10.6 Å². The van der Waals surface area contributed by atoms with Gasteiger partial charge in [0.2, 0.25) is 0 Å². The first-order valence-corrected chi connectivity index (χ1v) is 4.00. The van der Waals surface area contributed by atoms with Gasteiger partial charge in [0.25, 0.3) is 0 Å². The number of hydrogen-bond donors (Lipinski definition) is 1. The second kappa shape index (κ2) is 3.40. The second-order valence-corrected chi connectivity index (χ2v) is 3.17. The number of hydrogen-bond acceptors (Lipinski definition) is 6. The van der Waals surface area contributed by atoms with E-state index < -0.39 is 10.9 Å². The van der Waals surface area contributed by atoms with Crippen molar-refractivity contribution in [3.8, 4) is 0 Å². The summed E-state index contributed by atoms with van der Waals surface area (Å²) in [4.78, 5) is 20.6. The fourth-order valence-corrected chi connectivity index (χ4v) is 1.48. The fraction of sp³-hybridized carbons (Fsp3) is 0.167. The van der Waals surface area contributed by atoms with Crippen LogP contribution in [0.2, 0.25) is 0 Å². The van der Waals surface area contributed by atoms with E-state index in [0.29, 0.717) is 0 Å². The predicted octanol–water partition coefficient (Wildman–Crippen LogP) is 1.03. The van der Waals surface area contributed by atoms with Crippen LogP contribution in [0.25, 0.3) is 0 Å². The molecule has 0 saturated heterocycles. The molecule has 0 saturated carbocycles. The van der Waals surface area contributed by atoms with Gasteiger partial charge < -0.3 is 10.5 Å². The Morgan fingerprint density at radius 2 is 2.38 bits per heavy atom. The average molecular weight is 202 g/mol. The maximum atomic E-state index is 11.0. The normalized spacial score (nSPS) is 9.62. The third kappa shape index (κ3) is 1.75. The molecular weight excluding hydrogens is 196 g/mol. The molecule has 0 unspecified atom stereocenters. The fourth-order valence-electron chi connectivity index (χ4n) is 0.751. The number of esters is 1. The van der Waals surface area contributed by atoms with Crippen molar-refractivity contribution >= 4 is 27.3 Å². The van der Waals surface area contributed by atoms with Gasteiger partial charge in [-0.25, -0.2) is 4.79 Å². The van der Waals surface area contributed by atoms with Gasteiger partial charge in [-0.2, -0.15) is 0 Å². The van der Waals surface area contributed by atoms with Crippen molar-refractivity contribution in [2.75, 3.05) is 12.8 Å². The third-order valence-corrected chi connectivity index (χ3v) is 2.25. The molecule has 6 nitrogen and oxygen atoms in total. The molecule has 13 heavy (non-hydrogen) atoms. The first kappa shape index (κ1) is 9.46. The van der Waals surface area contributed by atoms with Gasteiger partial charge in [0.05, 0.1) is 12.0 Å². The molecule has 0 fully saturated rings. The van der Waals surface area contributed by atoms with Crippen molar-refractivity contribution in [2.24, 2.45) is 0 Å². The van der Waals surface area contributed by atoms with Gasteiger partial charge in [-0.15, -0.1) is 0 Å². The molecule has 1 aromatic heterocycles. The summed E-state index contributed by atoms with van der Waals surface area (Å²) in [6.07, 6.45) is 0. The van der Waals surface area contributed by atoms with Crippen LogP contribution < -0.4 is 5.73 Å². The summed E-state index contributed by atoms with van der Waals surface area (Å²) >= 11 is 0.744. The maximum absolute atomic E-state index is 11.0. The highest BCUT2D eigenvalue weighted by molar-refractivity contribution is 7.19. The lowest BCUT2D eigenvalue weighted by Crippen LogP contribution is -2.01. The minimum absolute atomic E-state index is 0.0409. The van der Waals surface area contributed by atoms with E-state index in [-0.39, 0.29) is 15.6 Å². The standard InChI is InChI=1S/C6H6N2O4S/c1-12-6(9)3-2-4(8(10)11)13-5(3)7/h2H,7H2,1H3. The van der Waals surface area contributed by atoms with Crippen LogP contribution in [0.1, 0.15) is 10.4 Å². The van der Waals surface area contributed by atoms with Crippen molar-refractivity contribution < 1.29 is 14.5 Å². The summed E-state index contributed by atoms with van der Waals surface area (Å²) in [6, 6.07) is 1.10. The molecule has 1 rings (SSSR count). The van der Waals surface area contributed by atoms with Gasteiger partial charge in [-0.1, -0.05) is 0 Å². The number of carbonyl (C=O) groups excluding carboxylic acids is 1. The number of nitrogen functional groups attached to an aromatic ring is 1. The summed E-state index contributed by atoms with van der Waals surface area (Å²) < 4.78 is 4.38. The van der Waals surface area contributed by atoms with Crippen LogP contribution in [0.3, 0.4) is 0 Å². The van der Waals surface area contributed by atoms with E-state index >= 15 is 0 Å². The zero-order valence-electron chi connectivity index (χ0n) is 6.64. The topological polar surface area (TPSA) is 95.5 Å². The van der Waals surface area contributed by atoms with Crippen molar-refractivity contribution in [3.05, 3.63) is 21.7 Å². The quantitative estimate of drug-likeness (QED) is 0.439. The molecular formula is C6H6N2O4S. The molecule has 0 amide bonds. The molecule has 7 heteroatoms. The number of nitro groups is 1. The lowest BCUT2D eigenvalue weighted by molar-refractivity contribution is -0.380. The highest BCUT2D eigenvalue weighted by Gasteiger charge is 2.19. The Balaban J connectivity index is 3.10. The third-order valence-electron chi connectivity index (χ3n) is 1.33. The molecule has 0 radical (unpaired) electrons. The van der Waals surface area contributed by atoms with Crippen LogP contribution in [0.4, 0.5) is 10.0 Å². The molecule has 0 spiro atoms. The number of nitrogens with two attached hydrogens (primary N) is 1. The summed E-state index contributed by atoms with van der Waals surface area (Å²) in [5.41, 5.74) is 5.41. The number of ether oxygens (including phenoxy) is 1. The molecule has 0 aromatic carbocycles. The molecule has 0 aliphatic heterocycles.